The summed E-state index contributed by atoms with van der Waals surface area (Å²) in [5.74, 6) is -1.50. The highest BCUT2D eigenvalue weighted by molar-refractivity contribution is 6.32. The molecule has 0 bridgehead atoms. The van der Waals surface area contributed by atoms with Crippen LogP contribution in [0.5, 0.6) is 5.75 Å². The zero-order valence-electron chi connectivity index (χ0n) is 15.5. The molecule has 0 atom stereocenters. The van der Waals surface area contributed by atoms with E-state index in [-0.39, 0.29) is 11.3 Å². The number of alkyl halides is 3. The molecule has 0 aliphatic carbocycles. The number of aryl methyl sites for hydroxylation is 1. The summed E-state index contributed by atoms with van der Waals surface area (Å²) in [6.07, 6.45) is -3.86. The molecule has 9 heteroatoms. The number of hydrogen-bond acceptors (Lipinski definition) is 5. The lowest BCUT2D eigenvalue weighted by atomic mass is 10.1. The molecule has 0 fully saturated rings. The summed E-state index contributed by atoms with van der Waals surface area (Å²) >= 11 is 0. The second-order valence-corrected chi connectivity index (χ2v) is 5.79. The van der Waals surface area contributed by atoms with E-state index in [9.17, 15) is 22.8 Å². The first kappa shape index (κ1) is 21.7. The van der Waals surface area contributed by atoms with E-state index in [0.717, 1.165) is 18.3 Å². The van der Waals surface area contributed by atoms with Gasteiger partial charge in [0, 0.05) is 11.3 Å². The van der Waals surface area contributed by atoms with Crippen molar-refractivity contribution in [3.63, 3.8) is 0 Å². The molecule has 2 rings (SSSR count). The van der Waals surface area contributed by atoms with E-state index in [4.69, 9.17) is 0 Å². The second kappa shape index (κ2) is 9.05. The minimum atomic E-state index is -4.82. The fraction of sp³-hybridized carbons (Fsp3) is 0.150. The van der Waals surface area contributed by atoms with E-state index in [1.165, 1.54) is 25.3 Å². The minimum absolute atomic E-state index is 0.0746. The minimum Gasteiger partial charge on any atom is -0.465 e. The maximum atomic E-state index is 12.3. The number of nitrogens with one attached hydrogen (secondary N) is 1. The van der Waals surface area contributed by atoms with E-state index in [1.807, 2.05) is 0 Å². The predicted molar refractivity (Wildman–Crippen MR) is 102 cm³/mol. The molecule has 1 amide bonds. The molecule has 29 heavy (non-hydrogen) atoms. The van der Waals surface area contributed by atoms with Gasteiger partial charge in [-0.15, -0.1) is 13.2 Å². The number of halogens is 3. The Kier molecular flexibility index (Phi) is 6.76. The number of carbonyl (C=O) groups is 2. The van der Waals surface area contributed by atoms with Gasteiger partial charge in [-0.2, -0.15) is 0 Å². The molecule has 6 nitrogen and oxygen atoms in total. The Morgan fingerprint density at radius 3 is 2.48 bits per heavy atom. The van der Waals surface area contributed by atoms with Crippen molar-refractivity contribution in [3.05, 3.63) is 65.7 Å². The number of ether oxygens (including phenoxy) is 2. The molecule has 2 aromatic carbocycles. The standard InChI is InChI=1S/C20H17F3N2O4/c1-12-9-15(19(27)28-3)7-8-17(12)25-18(26)11-24-13(2)14-5-4-6-16(10-14)29-20(21,22)23/h4-11H,2H2,1,3H3,(H,25,26). The molecule has 0 aromatic heterocycles. The van der Waals surface area contributed by atoms with Gasteiger partial charge in [0.2, 0.25) is 0 Å². The molecular weight excluding hydrogens is 389 g/mol. The molecule has 0 heterocycles. The van der Waals surface area contributed by atoms with Crippen LogP contribution in [0.15, 0.2) is 54.0 Å². The van der Waals surface area contributed by atoms with Crippen molar-refractivity contribution in [2.24, 2.45) is 4.99 Å². The third-order valence-electron chi connectivity index (χ3n) is 3.64. The summed E-state index contributed by atoms with van der Waals surface area (Å²) in [7, 11) is 1.27. The van der Waals surface area contributed by atoms with Crippen molar-refractivity contribution in [3.8, 4) is 5.75 Å². The van der Waals surface area contributed by atoms with Gasteiger partial charge in [0.25, 0.3) is 5.91 Å². The first-order chi connectivity index (χ1) is 13.6. The highest BCUT2D eigenvalue weighted by atomic mass is 19.4. The number of anilines is 1. The maximum Gasteiger partial charge on any atom is 0.573 e. The van der Waals surface area contributed by atoms with Crippen LogP contribution in [0.25, 0.3) is 5.70 Å². The quantitative estimate of drug-likeness (QED) is 0.571. The van der Waals surface area contributed by atoms with E-state index < -0.39 is 24.0 Å². The van der Waals surface area contributed by atoms with Crippen LogP contribution in [0.3, 0.4) is 0 Å². The van der Waals surface area contributed by atoms with E-state index in [1.54, 1.807) is 19.1 Å². The molecular formula is C20H17F3N2O4. The molecule has 2 aromatic rings. The Hall–Kier alpha value is -3.62. The lowest BCUT2D eigenvalue weighted by molar-refractivity contribution is -0.274. The Morgan fingerprint density at radius 1 is 1.14 bits per heavy atom. The van der Waals surface area contributed by atoms with Crippen molar-refractivity contribution in [2.45, 2.75) is 13.3 Å². The number of benzene rings is 2. The third-order valence-corrected chi connectivity index (χ3v) is 3.64. The molecule has 0 spiro atoms. The van der Waals surface area contributed by atoms with E-state index >= 15 is 0 Å². The second-order valence-electron chi connectivity index (χ2n) is 5.79. The van der Waals surface area contributed by atoms with E-state index in [0.29, 0.717) is 16.8 Å². The van der Waals surface area contributed by atoms with Gasteiger partial charge in [0.1, 0.15) is 5.75 Å². The summed E-state index contributed by atoms with van der Waals surface area (Å²) in [4.78, 5) is 27.4. The summed E-state index contributed by atoms with van der Waals surface area (Å²) in [6, 6.07) is 9.68. The van der Waals surface area contributed by atoms with Crippen molar-refractivity contribution in [2.75, 3.05) is 12.4 Å². The monoisotopic (exact) mass is 406 g/mol. The van der Waals surface area contributed by atoms with Crippen LogP contribution in [-0.4, -0.2) is 31.6 Å². The average Bonchev–Trinajstić information content (AvgIpc) is 2.65. The van der Waals surface area contributed by atoms with Crippen LogP contribution in [-0.2, 0) is 9.53 Å². The number of amides is 1. The van der Waals surface area contributed by atoms with Crippen molar-refractivity contribution in [1.29, 1.82) is 0 Å². The fourth-order valence-corrected chi connectivity index (χ4v) is 2.30. The van der Waals surface area contributed by atoms with Crippen LogP contribution in [0.4, 0.5) is 18.9 Å². The van der Waals surface area contributed by atoms with E-state index in [2.05, 4.69) is 26.4 Å². The summed E-state index contributed by atoms with van der Waals surface area (Å²) in [6.45, 7) is 5.33. The highest BCUT2D eigenvalue weighted by Crippen LogP contribution is 2.25. The smallest absolute Gasteiger partial charge is 0.465 e. The summed E-state index contributed by atoms with van der Waals surface area (Å²) in [5, 5.41) is 2.59. The van der Waals surface area contributed by atoms with Gasteiger partial charge in [-0.1, -0.05) is 18.7 Å². The van der Waals surface area contributed by atoms with Gasteiger partial charge in [-0.3, -0.25) is 9.79 Å². The topological polar surface area (TPSA) is 77.0 Å². The summed E-state index contributed by atoms with van der Waals surface area (Å²) in [5.41, 5.74) is 1.76. The van der Waals surface area contributed by atoms with Crippen molar-refractivity contribution >= 4 is 29.5 Å². The largest absolute Gasteiger partial charge is 0.573 e. The molecule has 0 unspecified atom stereocenters. The predicted octanol–water partition coefficient (Wildman–Crippen LogP) is 4.36. The average molecular weight is 406 g/mol. The number of rotatable bonds is 6. The van der Waals surface area contributed by atoms with Crippen LogP contribution in [0, 0.1) is 6.92 Å². The van der Waals surface area contributed by atoms with Crippen LogP contribution < -0.4 is 10.1 Å². The van der Waals surface area contributed by atoms with Gasteiger partial charge in [0.15, 0.2) is 0 Å². The Bertz CT molecular complexity index is 968. The van der Waals surface area contributed by atoms with Crippen molar-refractivity contribution < 1.29 is 32.2 Å². The third kappa shape index (κ3) is 6.49. The Labute approximate surface area is 164 Å². The maximum absolute atomic E-state index is 12.3. The Balaban J connectivity index is 2.05. The summed E-state index contributed by atoms with van der Waals surface area (Å²) < 4.78 is 45.4. The fourth-order valence-electron chi connectivity index (χ4n) is 2.30. The molecule has 152 valence electrons. The van der Waals surface area contributed by atoms with Crippen LogP contribution >= 0.6 is 0 Å². The molecule has 1 N–H and O–H groups in total. The first-order valence-electron chi connectivity index (χ1n) is 8.18. The van der Waals surface area contributed by atoms with Gasteiger partial charge in [0.05, 0.1) is 24.6 Å². The van der Waals surface area contributed by atoms with Crippen LogP contribution in [0.2, 0.25) is 0 Å². The zero-order valence-corrected chi connectivity index (χ0v) is 15.5. The molecule has 0 aliphatic rings. The number of methoxy groups -OCH3 is 1. The number of hydrogen-bond donors (Lipinski definition) is 1. The normalized spacial score (nSPS) is 11.2. The Morgan fingerprint density at radius 2 is 1.86 bits per heavy atom. The molecule has 0 saturated carbocycles. The lowest BCUT2D eigenvalue weighted by Crippen LogP contribution is -2.17. The number of carbonyl (C=O) groups excluding carboxylic acids is 2. The van der Waals surface area contributed by atoms with Gasteiger partial charge in [-0.05, 0) is 42.8 Å². The highest BCUT2D eigenvalue weighted by Gasteiger charge is 2.31. The number of esters is 1. The number of nitrogens with zero attached hydrogens (tertiary/aromatic N) is 1. The van der Waals surface area contributed by atoms with Gasteiger partial charge >= 0.3 is 12.3 Å². The molecule has 0 radical (unpaired) electrons. The number of aliphatic imine (C=N–C) groups is 1. The zero-order chi connectivity index (χ0) is 21.6. The van der Waals surface area contributed by atoms with Crippen LogP contribution in [0.1, 0.15) is 21.5 Å². The SMILES string of the molecule is C=C(N=CC(=O)Nc1ccc(C(=O)OC)cc1C)c1cccc(OC(F)(F)F)c1. The van der Waals surface area contributed by atoms with Crippen molar-refractivity contribution in [1.82, 2.24) is 0 Å². The first-order valence-corrected chi connectivity index (χ1v) is 8.18. The molecule has 0 saturated heterocycles. The van der Waals surface area contributed by atoms with Gasteiger partial charge < -0.3 is 14.8 Å². The molecule has 0 aliphatic heterocycles. The lowest BCUT2D eigenvalue weighted by Gasteiger charge is -2.10. The van der Waals surface area contributed by atoms with Gasteiger partial charge in [-0.25, -0.2) is 4.79 Å².